The van der Waals surface area contributed by atoms with Crippen LogP contribution in [0.15, 0.2) is 58.7 Å². The van der Waals surface area contributed by atoms with Crippen LogP contribution in [0.4, 0.5) is 0 Å². The van der Waals surface area contributed by atoms with Crippen LogP contribution in [-0.4, -0.2) is 46.0 Å². The summed E-state index contributed by atoms with van der Waals surface area (Å²) in [7, 11) is 1.66. The zero-order chi connectivity index (χ0) is 23.5. The van der Waals surface area contributed by atoms with E-state index in [1.54, 1.807) is 30.8 Å². The monoisotopic (exact) mass is 474 g/mol. The molecule has 174 valence electrons. The maximum absolute atomic E-state index is 13.2. The van der Waals surface area contributed by atoms with Crippen LogP contribution in [-0.2, 0) is 6.42 Å². The maximum atomic E-state index is 13.2. The average molecular weight is 475 g/mol. The summed E-state index contributed by atoms with van der Waals surface area (Å²) >= 11 is 1.55. The van der Waals surface area contributed by atoms with Crippen molar-refractivity contribution in [1.82, 2.24) is 19.9 Å². The van der Waals surface area contributed by atoms with Gasteiger partial charge in [-0.1, -0.05) is 12.1 Å². The highest BCUT2D eigenvalue weighted by atomic mass is 32.1. The minimum absolute atomic E-state index is 0.00483. The van der Waals surface area contributed by atoms with Gasteiger partial charge in [-0.15, -0.1) is 11.3 Å². The fourth-order valence-electron chi connectivity index (χ4n) is 4.29. The number of methoxy groups -OCH3 is 1. The maximum Gasteiger partial charge on any atom is 0.255 e. The summed E-state index contributed by atoms with van der Waals surface area (Å²) in [6.07, 6.45) is 6.00. The highest BCUT2D eigenvalue weighted by Gasteiger charge is 2.28. The topological polar surface area (TPSA) is 81.4 Å². The van der Waals surface area contributed by atoms with E-state index in [1.165, 1.54) is 0 Å². The van der Waals surface area contributed by atoms with Crippen molar-refractivity contribution in [3.63, 3.8) is 0 Å². The van der Waals surface area contributed by atoms with E-state index in [0.717, 1.165) is 52.7 Å². The van der Waals surface area contributed by atoms with E-state index >= 15 is 0 Å². The van der Waals surface area contributed by atoms with Crippen LogP contribution in [0, 0.1) is 6.92 Å². The van der Waals surface area contributed by atoms with E-state index in [2.05, 4.69) is 15.0 Å². The van der Waals surface area contributed by atoms with Gasteiger partial charge in [-0.05, 0) is 49.6 Å². The second kappa shape index (κ2) is 9.77. The lowest BCUT2D eigenvalue weighted by Gasteiger charge is -2.31. The SMILES string of the molecule is COc1ccc(Cc2cnc([C@H]3CCCN(C(=O)c4ccc(-c5scnc5C)nc4)C3)o2)cc1. The van der Waals surface area contributed by atoms with Crippen molar-refractivity contribution in [3.8, 4) is 16.3 Å². The molecule has 4 aromatic rings. The normalized spacial score (nSPS) is 15.9. The van der Waals surface area contributed by atoms with Crippen molar-refractivity contribution in [1.29, 1.82) is 0 Å². The first-order valence-corrected chi connectivity index (χ1v) is 12.2. The second-order valence-electron chi connectivity index (χ2n) is 8.48. The fraction of sp³-hybridized carbons (Fsp3) is 0.308. The molecule has 1 aromatic carbocycles. The highest BCUT2D eigenvalue weighted by Crippen LogP contribution is 2.29. The number of carbonyl (C=O) groups excluding carboxylic acids is 1. The number of likely N-dealkylation sites (tertiary alicyclic amines) is 1. The summed E-state index contributed by atoms with van der Waals surface area (Å²) in [4.78, 5) is 29.4. The average Bonchev–Trinajstić information content (AvgIpc) is 3.53. The molecule has 1 aliphatic rings. The van der Waals surface area contributed by atoms with Crippen LogP contribution >= 0.6 is 11.3 Å². The van der Waals surface area contributed by atoms with Crippen LogP contribution in [0.5, 0.6) is 5.75 Å². The largest absolute Gasteiger partial charge is 0.497 e. The molecule has 0 radical (unpaired) electrons. The fourth-order valence-corrected chi connectivity index (χ4v) is 5.07. The first kappa shape index (κ1) is 22.3. The third kappa shape index (κ3) is 4.72. The van der Waals surface area contributed by atoms with Gasteiger partial charge in [0, 0.05) is 25.7 Å². The van der Waals surface area contributed by atoms with Gasteiger partial charge in [-0.2, -0.15) is 0 Å². The molecule has 5 rings (SSSR count). The Bertz CT molecular complexity index is 1260. The molecular weight excluding hydrogens is 448 g/mol. The van der Waals surface area contributed by atoms with Crippen LogP contribution in [0.2, 0.25) is 0 Å². The quantitative estimate of drug-likeness (QED) is 0.386. The Morgan fingerprint density at radius 2 is 2.00 bits per heavy atom. The first-order chi connectivity index (χ1) is 16.6. The van der Waals surface area contributed by atoms with Gasteiger partial charge in [0.25, 0.3) is 5.91 Å². The molecule has 0 saturated carbocycles. The van der Waals surface area contributed by atoms with Gasteiger partial charge in [-0.3, -0.25) is 9.78 Å². The number of benzene rings is 1. The Morgan fingerprint density at radius 1 is 1.15 bits per heavy atom. The summed E-state index contributed by atoms with van der Waals surface area (Å²) in [5.41, 5.74) is 5.34. The van der Waals surface area contributed by atoms with Crippen LogP contribution in [0.1, 0.15) is 52.0 Å². The van der Waals surface area contributed by atoms with Crippen molar-refractivity contribution >= 4 is 17.2 Å². The van der Waals surface area contributed by atoms with Gasteiger partial charge < -0.3 is 14.1 Å². The standard InChI is InChI=1S/C26H26N4O3S/c1-17-24(34-16-29-17)23-10-7-19(13-27-23)26(31)30-11-3-4-20(15-30)25-28-14-22(33-25)12-18-5-8-21(32-2)9-6-18/h5-10,13-14,16,20H,3-4,11-12,15H2,1-2H3/t20-/m0/s1. The van der Waals surface area contributed by atoms with Crippen LogP contribution in [0.25, 0.3) is 10.6 Å². The van der Waals surface area contributed by atoms with Crippen molar-refractivity contribution in [2.45, 2.75) is 32.1 Å². The summed E-state index contributed by atoms with van der Waals surface area (Å²) in [6.45, 7) is 3.28. The predicted octanol–water partition coefficient (Wildman–Crippen LogP) is 5.12. The molecule has 0 unspecified atom stereocenters. The Hall–Kier alpha value is -3.52. The van der Waals surface area contributed by atoms with Gasteiger partial charge in [0.1, 0.15) is 11.5 Å². The number of thiazole rings is 1. The Labute approximate surface area is 202 Å². The van der Waals surface area contributed by atoms with Crippen LogP contribution in [0.3, 0.4) is 0 Å². The Morgan fingerprint density at radius 3 is 2.71 bits per heavy atom. The van der Waals surface area contributed by atoms with Crippen molar-refractivity contribution in [3.05, 3.63) is 82.8 Å². The first-order valence-electron chi connectivity index (χ1n) is 11.3. The van der Waals surface area contributed by atoms with E-state index in [1.807, 2.05) is 53.7 Å². The number of carbonyl (C=O) groups is 1. The number of hydrogen-bond donors (Lipinski definition) is 0. The number of piperidine rings is 1. The van der Waals surface area contributed by atoms with E-state index in [-0.39, 0.29) is 11.8 Å². The number of oxazole rings is 1. The third-order valence-corrected chi connectivity index (χ3v) is 7.11. The molecule has 0 bridgehead atoms. The number of nitrogens with zero attached hydrogens (tertiary/aromatic N) is 4. The molecule has 1 atom stereocenters. The Kier molecular flexibility index (Phi) is 6.40. The Balaban J connectivity index is 1.24. The highest BCUT2D eigenvalue weighted by molar-refractivity contribution is 7.13. The lowest BCUT2D eigenvalue weighted by Crippen LogP contribution is -2.39. The van der Waals surface area contributed by atoms with E-state index < -0.39 is 0 Å². The molecule has 1 aliphatic heterocycles. The van der Waals surface area contributed by atoms with Crippen LogP contribution < -0.4 is 4.74 Å². The van der Waals surface area contributed by atoms with E-state index in [0.29, 0.717) is 24.4 Å². The van der Waals surface area contributed by atoms with Crippen molar-refractivity contribution in [2.75, 3.05) is 20.2 Å². The van der Waals surface area contributed by atoms with Gasteiger partial charge in [0.2, 0.25) is 0 Å². The number of amides is 1. The number of ether oxygens (including phenoxy) is 1. The minimum Gasteiger partial charge on any atom is -0.497 e. The smallest absolute Gasteiger partial charge is 0.255 e. The zero-order valence-electron chi connectivity index (χ0n) is 19.2. The number of pyridine rings is 1. The molecule has 3 aromatic heterocycles. The number of rotatable bonds is 6. The predicted molar refractivity (Wildman–Crippen MR) is 130 cm³/mol. The summed E-state index contributed by atoms with van der Waals surface area (Å²) in [6, 6.07) is 11.7. The summed E-state index contributed by atoms with van der Waals surface area (Å²) in [5.74, 6) is 2.44. The number of aryl methyl sites for hydroxylation is 1. The molecule has 0 N–H and O–H groups in total. The zero-order valence-corrected chi connectivity index (χ0v) is 20.0. The molecule has 0 spiro atoms. The van der Waals surface area contributed by atoms with Crippen molar-refractivity contribution in [2.24, 2.45) is 0 Å². The number of hydrogen-bond acceptors (Lipinski definition) is 7. The molecule has 1 amide bonds. The summed E-state index contributed by atoms with van der Waals surface area (Å²) < 4.78 is 11.3. The molecule has 0 aliphatic carbocycles. The molecule has 1 fully saturated rings. The molecule has 1 saturated heterocycles. The third-order valence-electron chi connectivity index (χ3n) is 6.16. The molecule has 4 heterocycles. The number of aromatic nitrogens is 3. The van der Waals surface area contributed by atoms with E-state index in [4.69, 9.17) is 9.15 Å². The molecule has 7 nitrogen and oxygen atoms in total. The van der Waals surface area contributed by atoms with Gasteiger partial charge in [0.15, 0.2) is 5.89 Å². The van der Waals surface area contributed by atoms with Gasteiger partial charge in [-0.25, -0.2) is 9.97 Å². The lowest BCUT2D eigenvalue weighted by molar-refractivity contribution is 0.0697. The molecule has 34 heavy (non-hydrogen) atoms. The van der Waals surface area contributed by atoms with Gasteiger partial charge >= 0.3 is 0 Å². The van der Waals surface area contributed by atoms with E-state index in [9.17, 15) is 4.79 Å². The summed E-state index contributed by atoms with van der Waals surface area (Å²) in [5, 5.41) is 0. The minimum atomic E-state index is -0.00483. The van der Waals surface area contributed by atoms with Gasteiger partial charge in [0.05, 0.1) is 46.6 Å². The molecular formula is C26H26N4O3S. The molecule has 8 heteroatoms. The lowest BCUT2D eigenvalue weighted by atomic mass is 9.97. The second-order valence-corrected chi connectivity index (χ2v) is 9.33. The van der Waals surface area contributed by atoms with Crippen molar-refractivity contribution < 1.29 is 13.9 Å².